The van der Waals surface area contributed by atoms with Crippen molar-refractivity contribution in [3.8, 4) is 11.5 Å². The van der Waals surface area contributed by atoms with Crippen molar-refractivity contribution in [2.75, 3.05) is 20.8 Å². The Labute approximate surface area is 205 Å². The Hall–Kier alpha value is -3.17. The lowest BCUT2D eigenvalue weighted by molar-refractivity contribution is -0.140. The van der Waals surface area contributed by atoms with Crippen LogP contribution < -0.4 is 24.4 Å². The third-order valence-corrected chi connectivity index (χ3v) is 7.22. The van der Waals surface area contributed by atoms with E-state index in [-0.39, 0.29) is 11.5 Å². The van der Waals surface area contributed by atoms with E-state index in [0.29, 0.717) is 38.7 Å². The number of hydrogen-bond donors (Lipinski definition) is 0. The Morgan fingerprint density at radius 2 is 1.97 bits per heavy atom. The predicted octanol–water partition coefficient (Wildman–Crippen LogP) is 3.51. The molecule has 7 nitrogen and oxygen atoms in total. The van der Waals surface area contributed by atoms with Crippen molar-refractivity contribution in [1.29, 1.82) is 0 Å². The maximum atomic E-state index is 13.6. The number of carbonyl (C=O) groups is 1. The monoisotopic (exact) mass is 498 g/mol. The zero-order valence-electron chi connectivity index (χ0n) is 19.7. The molecular formula is C25H26N2O5S2. The van der Waals surface area contributed by atoms with E-state index in [9.17, 15) is 9.59 Å². The topological polar surface area (TPSA) is 79.1 Å². The maximum absolute atomic E-state index is 13.6. The van der Waals surface area contributed by atoms with Crippen LogP contribution in [0.15, 0.2) is 56.8 Å². The smallest absolute Gasteiger partial charge is 0.338 e. The largest absolute Gasteiger partial charge is 0.493 e. The van der Waals surface area contributed by atoms with Gasteiger partial charge in [0.05, 0.1) is 36.6 Å². The molecule has 0 fully saturated rings. The zero-order valence-corrected chi connectivity index (χ0v) is 21.3. The van der Waals surface area contributed by atoms with Crippen LogP contribution in [0.25, 0.3) is 6.08 Å². The maximum Gasteiger partial charge on any atom is 0.338 e. The molecule has 0 bridgehead atoms. The number of hydrogen-bond acceptors (Lipinski definition) is 8. The molecule has 0 N–H and O–H groups in total. The van der Waals surface area contributed by atoms with Gasteiger partial charge in [0.15, 0.2) is 16.3 Å². The summed E-state index contributed by atoms with van der Waals surface area (Å²) in [5.41, 5.74) is 1.54. The number of nitrogens with zero attached hydrogens (tertiary/aromatic N) is 2. The highest BCUT2D eigenvalue weighted by Crippen LogP contribution is 2.33. The summed E-state index contributed by atoms with van der Waals surface area (Å²) in [4.78, 5) is 32.7. The number of allylic oxidation sites excluding steroid dienone is 1. The average molecular weight is 499 g/mol. The summed E-state index contributed by atoms with van der Waals surface area (Å²) in [7, 11) is 3.14. The molecule has 1 aliphatic heterocycles. The van der Waals surface area contributed by atoms with E-state index in [0.717, 1.165) is 10.4 Å². The van der Waals surface area contributed by atoms with Gasteiger partial charge in [0.25, 0.3) is 5.56 Å². The van der Waals surface area contributed by atoms with E-state index in [1.165, 1.54) is 22.7 Å². The summed E-state index contributed by atoms with van der Waals surface area (Å²) >= 11 is 2.78. The molecule has 2 aromatic heterocycles. The van der Waals surface area contributed by atoms with Crippen LogP contribution in [-0.2, 0) is 9.53 Å². The van der Waals surface area contributed by atoms with Gasteiger partial charge >= 0.3 is 5.97 Å². The number of thiazole rings is 1. The molecule has 0 radical (unpaired) electrons. The normalized spacial score (nSPS) is 15.8. The second-order valence-corrected chi connectivity index (χ2v) is 10.2. The Kier molecular flexibility index (Phi) is 7.04. The van der Waals surface area contributed by atoms with Crippen molar-refractivity contribution < 1.29 is 19.0 Å². The molecular weight excluding hydrogens is 472 g/mol. The molecule has 0 aliphatic carbocycles. The molecule has 34 heavy (non-hydrogen) atoms. The Balaban J connectivity index is 1.85. The molecule has 0 saturated carbocycles. The van der Waals surface area contributed by atoms with Gasteiger partial charge in [0, 0.05) is 4.88 Å². The summed E-state index contributed by atoms with van der Waals surface area (Å²) in [6.07, 6.45) is 1.80. The third kappa shape index (κ3) is 4.58. The van der Waals surface area contributed by atoms with Crippen molar-refractivity contribution in [1.82, 2.24) is 4.57 Å². The van der Waals surface area contributed by atoms with Gasteiger partial charge in [-0.05, 0) is 48.1 Å². The van der Waals surface area contributed by atoms with Crippen molar-refractivity contribution in [3.05, 3.63) is 77.1 Å². The standard InChI is InChI=1S/C25H26N2O5S2/c1-14(2)13-32-24(29)21-15(3)26-25-27(22(21)19-7-6-10-33-19)23(28)20(34-25)12-16-8-9-17(30-4)18(11-16)31-5/h6-12,14,22H,13H2,1-5H3/b20-12+/t22-/m1/s1. The number of carbonyl (C=O) groups excluding carboxylic acids is 1. The number of ether oxygens (including phenoxy) is 3. The molecule has 3 aromatic rings. The zero-order chi connectivity index (χ0) is 24.4. The quantitative estimate of drug-likeness (QED) is 0.466. The van der Waals surface area contributed by atoms with Gasteiger partial charge in [-0.25, -0.2) is 9.79 Å². The number of rotatable bonds is 7. The van der Waals surface area contributed by atoms with Crippen molar-refractivity contribution in [2.45, 2.75) is 26.8 Å². The number of thiophene rings is 1. The van der Waals surface area contributed by atoms with Gasteiger partial charge < -0.3 is 14.2 Å². The van der Waals surface area contributed by atoms with Gasteiger partial charge in [-0.2, -0.15) is 0 Å². The lowest BCUT2D eigenvalue weighted by Gasteiger charge is -2.23. The van der Waals surface area contributed by atoms with E-state index in [1.807, 2.05) is 43.5 Å². The minimum atomic E-state index is -0.580. The minimum Gasteiger partial charge on any atom is -0.493 e. The van der Waals surface area contributed by atoms with Crippen molar-refractivity contribution in [3.63, 3.8) is 0 Å². The highest BCUT2D eigenvalue weighted by molar-refractivity contribution is 7.10. The molecule has 0 unspecified atom stereocenters. The molecule has 1 aromatic carbocycles. The predicted molar refractivity (Wildman–Crippen MR) is 133 cm³/mol. The molecule has 4 rings (SSSR count). The molecule has 1 atom stereocenters. The second-order valence-electron chi connectivity index (χ2n) is 8.20. The highest BCUT2D eigenvalue weighted by atomic mass is 32.1. The molecule has 178 valence electrons. The average Bonchev–Trinajstić information content (AvgIpc) is 3.45. The number of esters is 1. The summed E-state index contributed by atoms with van der Waals surface area (Å²) < 4.78 is 18.3. The van der Waals surface area contributed by atoms with Crippen LogP contribution in [0.5, 0.6) is 11.5 Å². The van der Waals surface area contributed by atoms with Crippen LogP contribution in [0, 0.1) is 5.92 Å². The lowest BCUT2D eigenvalue weighted by Crippen LogP contribution is -2.39. The summed E-state index contributed by atoms with van der Waals surface area (Å²) in [5, 5.41) is 1.93. The summed E-state index contributed by atoms with van der Waals surface area (Å²) in [6.45, 7) is 6.05. The molecule has 0 saturated heterocycles. The molecule has 3 heterocycles. The summed E-state index contributed by atoms with van der Waals surface area (Å²) in [5.74, 6) is 0.945. The highest BCUT2D eigenvalue weighted by Gasteiger charge is 2.34. The van der Waals surface area contributed by atoms with Crippen molar-refractivity contribution >= 4 is 34.7 Å². The molecule has 0 amide bonds. The van der Waals surface area contributed by atoms with Crippen LogP contribution >= 0.6 is 22.7 Å². The number of methoxy groups -OCH3 is 2. The van der Waals surface area contributed by atoms with E-state index < -0.39 is 12.0 Å². The van der Waals surface area contributed by atoms with Crippen LogP contribution in [0.3, 0.4) is 0 Å². The van der Waals surface area contributed by atoms with Gasteiger partial charge in [-0.15, -0.1) is 11.3 Å². The van der Waals surface area contributed by atoms with E-state index >= 15 is 0 Å². The van der Waals surface area contributed by atoms with E-state index in [1.54, 1.807) is 37.9 Å². The first-order valence-corrected chi connectivity index (χ1v) is 12.5. The van der Waals surface area contributed by atoms with Gasteiger partial charge in [-0.3, -0.25) is 9.36 Å². The number of benzene rings is 1. The van der Waals surface area contributed by atoms with Crippen molar-refractivity contribution in [2.24, 2.45) is 10.9 Å². The number of fused-ring (bicyclic) bond motifs is 1. The van der Waals surface area contributed by atoms with Crippen LogP contribution in [0.1, 0.15) is 37.3 Å². The first kappa shape index (κ1) is 24.0. The van der Waals surface area contributed by atoms with Gasteiger partial charge in [-0.1, -0.05) is 37.3 Å². The number of aromatic nitrogens is 1. The Morgan fingerprint density at radius 1 is 1.21 bits per heavy atom. The SMILES string of the molecule is COc1ccc(/C=c2/sc3n(c2=O)[C@H](c2cccs2)C(C(=O)OCC(C)C)=C(C)N=3)cc1OC. The first-order valence-electron chi connectivity index (χ1n) is 10.8. The van der Waals surface area contributed by atoms with Crippen LogP contribution in [0.2, 0.25) is 0 Å². The van der Waals surface area contributed by atoms with Crippen LogP contribution in [0.4, 0.5) is 0 Å². The van der Waals surface area contributed by atoms with Crippen LogP contribution in [-0.4, -0.2) is 31.4 Å². The fraction of sp³-hybridized carbons (Fsp3) is 0.320. The Morgan fingerprint density at radius 3 is 2.62 bits per heavy atom. The lowest BCUT2D eigenvalue weighted by atomic mass is 10.0. The first-order chi connectivity index (χ1) is 16.3. The molecule has 1 aliphatic rings. The van der Waals surface area contributed by atoms with E-state index in [4.69, 9.17) is 14.2 Å². The molecule has 0 spiro atoms. The second kappa shape index (κ2) is 9.99. The fourth-order valence-electron chi connectivity index (χ4n) is 3.71. The minimum absolute atomic E-state index is 0.202. The Bertz CT molecular complexity index is 1410. The molecule has 9 heteroatoms. The summed E-state index contributed by atoms with van der Waals surface area (Å²) in [6, 6.07) is 8.72. The fourth-order valence-corrected chi connectivity index (χ4v) is 5.58. The van der Waals surface area contributed by atoms with Gasteiger partial charge in [0.2, 0.25) is 0 Å². The van der Waals surface area contributed by atoms with E-state index in [2.05, 4.69) is 4.99 Å². The van der Waals surface area contributed by atoms with Gasteiger partial charge in [0.1, 0.15) is 6.04 Å². The third-order valence-electron chi connectivity index (χ3n) is 5.31.